The summed E-state index contributed by atoms with van der Waals surface area (Å²) < 4.78 is 11.1. The van der Waals surface area contributed by atoms with Crippen molar-refractivity contribution in [3.05, 3.63) is 22.5 Å². The van der Waals surface area contributed by atoms with Gasteiger partial charge < -0.3 is 35.6 Å². The highest BCUT2D eigenvalue weighted by Gasteiger charge is 2.72. The van der Waals surface area contributed by atoms with Crippen LogP contribution in [0, 0.1) is 5.92 Å². The molecule has 0 spiro atoms. The van der Waals surface area contributed by atoms with Gasteiger partial charge in [0.25, 0.3) is 11.8 Å². The molecule has 4 N–H and O–H groups in total. The minimum atomic E-state index is -1.03. The van der Waals surface area contributed by atoms with Crippen molar-refractivity contribution in [3.8, 4) is 0 Å². The first-order valence-electron chi connectivity index (χ1n) is 12.7. The maximum absolute atomic E-state index is 13.7. The number of hydrogen-bond donors (Lipinski definition) is 3. The van der Waals surface area contributed by atoms with Crippen molar-refractivity contribution in [1.82, 2.24) is 20.6 Å². The van der Waals surface area contributed by atoms with Crippen LogP contribution in [0.4, 0.5) is 4.79 Å². The first kappa shape index (κ1) is 28.4. The maximum atomic E-state index is 13.7. The average Bonchev–Trinajstić information content (AvgIpc) is 3.41. The second-order valence-electron chi connectivity index (χ2n) is 9.79. The van der Waals surface area contributed by atoms with E-state index in [1.165, 1.54) is 28.7 Å². The molecule has 216 valence electrons. The summed E-state index contributed by atoms with van der Waals surface area (Å²) in [6, 6.07) is -0.0118. The normalized spacial score (nSPS) is 28.7. The summed E-state index contributed by atoms with van der Waals surface area (Å²) in [4.78, 5) is 80.3. The van der Waals surface area contributed by atoms with E-state index in [0.29, 0.717) is 35.2 Å². The Kier molecular flexibility index (Phi) is 7.87. The van der Waals surface area contributed by atoms with Crippen molar-refractivity contribution >= 4 is 57.0 Å². The number of nitrogens with one attached hydrogen (secondary N) is 2. The monoisotopic (exact) mass is 595 g/mol. The standard InChI is InChI=1S/C24H29N5O9S2/c1-11-18(26-6-8-40-39-7-5-16(32)38-29-14(30)3-4-15(29)31)21(34)17-12(10-37-23(25)35)24(36-2)22-13(27-22)9-28(24)19(17)20(11)33/h12-13,22,26-27H,3-10H2,1-2H3,(H2,25,35)/t12-,13+,22+,24-/m1/s1. The predicted octanol–water partition coefficient (Wildman–Crippen LogP) is -0.642. The van der Waals surface area contributed by atoms with Gasteiger partial charge in [-0.05, 0) is 6.92 Å². The van der Waals surface area contributed by atoms with E-state index in [4.69, 9.17) is 20.0 Å². The summed E-state index contributed by atoms with van der Waals surface area (Å²) >= 11 is 0. The Morgan fingerprint density at radius 2 is 1.82 bits per heavy atom. The van der Waals surface area contributed by atoms with E-state index >= 15 is 0 Å². The molecule has 0 radical (unpaired) electrons. The van der Waals surface area contributed by atoms with Crippen LogP contribution in [0.1, 0.15) is 26.2 Å². The number of imide groups is 1. The number of piperazine rings is 1. The van der Waals surface area contributed by atoms with Crippen molar-refractivity contribution in [3.63, 3.8) is 0 Å². The summed E-state index contributed by atoms with van der Waals surface area (Å²) in [5.41, 5.74) is 5.21. The molecule has 3 saturated heterocycles. The zero-order valence-corrected chi connectivity index (χ0v) is 23.5. The lowest BCUT2D eigenvalue weighted by Gasteiger charge is -2.39. The van der Waals surface area contributed by atoms with Gasteiger partial charge in [0.05, 0.1) is 29.8 Å². The lowest BCUT2D eigenvalue weighted by molar-refractivity contribution is -0.197. The van der Waals surface area contributed by atoms with Gasteiger partial charge in [-0.25, -0.2) is 9.59 Å². The molecular formula is C24H29N5O9S2. The molecule has 16 heteroatoms. The number of carbonyl (C=O) groups is 6. The van der Waals surface area contributed by atoms with E-state index in [2.05, 4.69) is 10.6 Å². The van der Waals surface area contributed by atoms with Gasteiger partial charge in [-0.3, -0.25) is 19.2 Å². The van der Waals surface area contributed by atoms with Gasteiger partial charge >= 0.3 is 12.1 Å². The Morgan fingerprint density at radius 1 is 1.12 bits per heavy atom. The van der Waals surface area contributed by atoms with Crippen LogP contribution in [0.5, 0.6) is 0 Å². The van der Waals surface area contributed by atoms with Gasteiger partial charge in [-0.1, -0.05) is 21.6 Å². The topological polar surface area (TPSA) is 197 Å². The van der Waals surface area contributed by atoms with Crippen molar-refractivity contribution in [2.45, 2.75) is 44.0 Å². The molecule has 1 aliphatic carbocycles. The summed E-state index contributed by atoms with van der Waals surface area (Å²) in [7, 11) is 4.35. The fourth-order valence-corrected chi connectivity index (χ4v) is 7.65. The van der Waals surface area contributed by atoms with Gasteiger partial charge in [-0.2, -0.15) is 0 Å². The van der Waals surface area contributed by atoms with Gasteiger partial charge in [0.1, 0.15) is 6.61 Å². The lowest BCUT2D eigenvalue weighted by Crippen LogP contribution is -2.55. The minimum absolute atomic E-state index is 0.0134. The summed E-state index contributed by atoms with van der Waals surface area (Å²) in [6.07, 6.45) is -0.888. The molecule has 40 heavy (non-hydrogen) atoms. The fraction of sp³-hybridized carbons (Fsp3) is 0.583. The molecule has 0 aromatic carbocycles. The van der Waals surface area contributed by atoms with Crippen LogP contribution in [0.3, 0.4) is 0 Å². The third-order valence-corrected chi connectivity index (χ3v) is 10.00. The van der Waals surface area contributed by atoms with Crippen LogP contribution in [0.25, 0.3) is 0 Å². The Balaban J connectivity index is 1.15. The van der Waals surface area contributed by atoms with Crippen molar-refractivity contribution < 1.29 is 43.1 Å². The molecule has 4 atom stereocenters. The highest BCUT2D eigenvalue weighted by atomic mass is 33.1. The number of allylic oxidation sites excluding steroid dienone is 2. The van der Waals surface area contributed by atoms with Gasteiger partial charge in [0, 0.05) is 61.7 Å². The van der Waals surface area contributed by atoms with E-state index < -0.39 is 35.5 Å². The Morgan fingerprint density at radius 3 is 2.50 bits per heavy atom. The number of rotatable bonds is 12. The van der Waals surface area contributed by atoms with E-state index in [1.807, 2.05) is 4.90 Å². The molecule has 0 saturated carbocycles. The van der Waals surface area contributed by atoms with Crippen LogP contribution >= 0.6 is 21.6 Å². The predicted molar refractivity (Wildman–Crippen MR) is 141 cm³/mol. The van der Waals surface area contributed by atoms with Crippen LogP contribution in [0.2, 0.25) is 0 Å². The molecule has 0 bridgehead atoms. The number of ketones is 2. The number of methoxy groups -OCH3 is 1. The first-order chi connectivity index (χ1) is 19.1. The molecule has 0 unspecified atom stereocenters. The number of ether oxygens (including phenoxy) is 2. The third kappa shape index (κ3) is 4.76. The molecule has 4 heterocycles. The number of Topliss-reactive ketones (excluding diaryl/α,β-unsaturated/α-hetero) is 2. The third-order valence-electron chi connectivity index (χ3n) is 7.59. The van der Waals surface area contributed by atoms with Crippen LogP contribution in [0.15, 0.2) is 22.5 Å². The maximum Gasteiger partial charge on any atom is 0.404 e. The lowest BCUT2D eigenvalue weighted by atomic mass is 9.82. The number of fused-ring (bicyclic) bond motifs is 4. The van der Waals surface area contributed by atoms with Crippen LogP contribution in [-0.4, -0.2) is 102 Å². The van der Waals surface area contributed by atoms with Gasteiger partial charge in [-0.15, -0.1) is 5.06 Å². The number of hydrogen-bond acceptors (Lipinski definition) is 14. The zero-order valence-electron chi connectivity index (χ0n) is 21.9. The van der Waals surface area contributed by atoms with E-state index in [1.54, 1.807) is 6.92 Å². The van der Waals surface area contributed by atoms with Gasteiger partial charge in [0.15, 0.2) is 5.72 Å². The number of nitrogens with zero attached hydrogens (tertiary/aromatic N) is 2. The van der Waals surface area contributed by atoms with Gasteiger partial charge in [0.2, 0.25) is 11.6 Å². The molecule has 0 aromatic heterocycles. The molecule has 3 amide bonds. The van der Waals surface area contributed by atoms with E-state index in [0.717, 1.165) is 0 Å². The average molecular weight is 596 g/mol. The quantitative estimate of drug-likeness (QED) is 0.0846. The van der Waals surface area contributed by atoms with E-state index in [9.17, 15) is 28.8 Å². The number of primary amides is 1. The smallest absolute Gasteiger partial charge is 0.404 e. The summed E-state index contributed by atoms with van der Waals surface area (Å²) in [5.74, 6) is -2.11. The fourth-order valence-electron chi connectivity index (χ4n) is 5.77. The van der Waals surface area contributed by atoms with Crippen LogP contribution < -0.4 is 16.4 Å². The number of nitrogens with two attached hydrogens (primary N) is 1. The largest absolute Gasteiger partial charge is 0.449 e. The second-order valence-corrected chi connectivity index (χ2v) is 12.5. The number of amides is 3. The van der Waals surface area contributed by atoms with Crippen molar-refractivity contribution in [2.24, 2.45) is 11.7 Å². The molecule has 4 aliphatic heterocycles. The summed E-state index contributed by atoms with van der Waals surface area (Å²) in [5, 5.41) is 6.92. The molecule has 14 nitrogen and oxygen atoms in total. The van der Waals surface area contributed by atoms with Crippen LogP contribution in [-0.2, 0) is 38.3 Å². The van der Waals surface area contributed by atoms with Crippen molar-refractivity contribution in [2.75, 3.05) is 38.3 Å². The Labute approximate surface area is 237 Å². The summed E-state index contributed by atoms with van der Waals surface area (Å²) in [6.45, 7) is 2.25. The minimum Gasteiger partial charge on any atom is -0.449 e. The Bertz CT molecular complexity index is 1240. The molecular weight excluding hydrogens is 566 g/mol. The highest BCUT2D eigenvalue weighted by molar-refractivity contribution is 8.76. The highest BCUT2D eigenvalue weighted by Crippen LogP contribution is 2.55. The molecule has 0 aromatic rings. The number of carbonyl (C=O) groups excluding carboxylic acids is 6. The molecule has 3 fully saturated rings. The van der Waals surface area contributed by atoms with E-state index in [-0.39, 0.29) is 66.5 Å². The Hall–Kier alpha value is -3.08. The first-order valence-corrected chi connectivity index (χ1v) is 15.2. The molecule has 5 aliphatic rings. The number of hydroxylamine groups is 2. The molecule has 5 rings (SSSR count). The van der Waals surface area contributed by atoms with Crippen molar-refractivity contribution in [1.29, 1.82) is 0 Å². The second kappa shape index (κ2) is 11.1. The SMILES string of the molecule is CO[C@@]12[C@H](COC(N)=O)C3=C(C(=O)C(C)=C(NCCSSCCC(=O)ON4C(=O)CCC4=O)C3=O)N1C[C@@H]1N[C@@H]12. The zero-order chi connectivity index (χ0) is 28.8.